The van der Waals surface area contributed by atoms with Gasteiger partial charge < -0.3 is 53.3 Å². The van der Waals surface area contributed by atoms with Crippen LogP contribution in [0.3, 0.4) is 0 Å². The zero-order valence-corrected chi connectivity index (χ0v) is 27.7. The average Bonchev–Trinajstić information content (AvgIpc) is 3.61. The van der Waals surface area contributed by atoms with E-state index < -0.39 is 11.8 Å². The molecule has 16 heteroatoms. The summed E-state index contributed by atoms with van der Waals surface area (Å²) in [6, 6.07) is 9.84. The summed E-state index contributed by atoms with van der Waals surface area (Å²) >= 11 is 0. The number of carbonyl (C=O) groups excluding carboxylic acids is 4. The van der Waals surface area contributed by atoms with E-state index in [9.17, 15) is 19.2 Å². The molecule has 0 unspecified atom stereocenters. The lowest BCUT2D eigenvalue weighted by molar-refractivity contribution is -0.115. The minimum atomic E-state index is -0.426. The predicted octanol–water partition coefficient (Wildman–Crippen LogP) is 2.31. The van der Waals surface area contributed by atoms with Crippen LogP contribution in [0.4, 0.5) is 22.7 Å². The molecule has 0 aliphatic carbocycles. The van der Waals surface area contributed by atoms with E-state index in [0.29, 0.717) is 59.1 Å². The largest absolute Gasteiger partial charge is 0.370 e. The second-order valence-corrected chi connectivity index (χ2v) is 12.0. The molecule has 48 heavy (non-hydrogen) atoms. The fraction of sp³-hybridized carbons (Fsp3) is 0.375. The first-order valence-corrected chi connectivity index (χ1v) is 15.5. The van der Waals surface area contributed by atoms with Gasteiger partial charge in [-0.2, -0.15) is 0 Å². The zero-order valence-electron chi connectivity index (χ0n) is 27.7. The lowest BCUT2D eigenvalue weighted by Crippen LogP contribution is -2.25. The van der Waals surface area contributed by atoms with Gasteiger partial charge in [-0.15, -0.1) is 0 Å². The van der Waals surface area contributed by atoms with Gasteiger partial charge in [0.05, 0.1) is 11.4 Å². The van der Waals surface area contributed by atoms with Crippen LogP contribution in [-0.4, -0.2) is 57.8 Å². The second kappa shape index (κ2) is 17.2. The Morgan fingerprint density at radius 3 is 1.27 bits per heavy atom. The number of anilines is 4. The maximum atomic E-state index is 13.3. The summed E-state index contributed by atoms with van der Waals surface area (Å²) in [6.45, 7) is 8.97. The SMILES string of the molecule is CC(C)CCn1cc(NC(=O)CN=C(N)N)cc1C(=O)Nc1ccc(NC(=O)c2cc(NC(=O)CN=C(N)N)cn2CCC(C)C)cc1. The highest BCUT2D eigenvalue weighted by Gasteiger charge is 2.18. The van der Waals surface area contributed by atoms with Crippen molar-refractivity contribution in [3.05, 3.63) is 60.2 Å². The van der Waals surface area contributed by atoms with Gasteiger partial charge in [0.2, 0.25) is 11.8 Å². The number of benzene rings is 1. The van der Waals surface area contributed by atoms with Crippen LogP contribution in [0.5, 0.6) is 0 Å². The molecule has 16 nitrogen and oxygen atoms in total. The molecule has 0 spiro atoms. The summed E-state index contributed by atoms with van der Waals surface area (Å²) in [7, 11) is 0. The van der Waals surface area contributed by atoms with E-state index in [4.69, 9.17) is 22.9 Å². The first-order valence-electron chi connectivity index (χ1n) is 15.5. The van der Waals surface area contributed by atoms with Crippen molar-refractivity contribution in [2.24, 2.45) is 44.8 Å². The molecule has 2 aromatic heterocycles. The number of aromatic nitrogens is 2. The van der Waals surface area contributed by atoms with E-state index in [2.05, 4.69) is 58.9 Å². The monoisotopic (exact) mass is 662 g/mol. The topological polar surface area (TPSA) is 255 Å². The molecule has 0 aliphatic heterocycles. The first kappa shape index (κ1) is 36.7. The number of nitrogens with one attached hydrogen (secondary N) is 4. The molecule has 12 N–H and O–H groups in total. The molecule has 0 fully saturated rings. The maximum absolute atomic E-state index is 13.3. The Hall–Kier alpha value is -5.80. The normalized spacial score (nSPS) is 10.8. The third kappa shape index (κ3) is 11.9. The minimum absolute atomic E-state index is 0.196. The van der Waals surface area contributed by atoms with Crippen molar-refractivity contribution in [1.29, 1.82) is 0 Å². The van der Waals surface area contributed by atoms with Crippen LogP contribution in [0.1, 0.15) is 61.5 Å². The number of hydrogen-bond donors (Lipinski definition) is 8. The van der Waals surface area contributed by atoms with Crippen LogP contribution in [0.2, 0.25) is 0 Å². The maximum Gasteiger partial charge on any atom is 0.272 e. The van der Waals surface area contributed by atoms with Crippen LogP contribution in [0, 0.1) is 11.8 Å². The molecule has 0 saturated carbocycles. The van der Waals surface area contributed by atoms with Gasteiger partial charge in [0.25, 0.3) is 11.8 Å². The highest BCUT2D eigenvalue weighted by Crippen LogP contribution is 2.21. The molecule has 258 valence electrons. The molecule has 0 aliphatic rings. The number of guanidine groups is 2. The van der Waals surface area contributed by atoms with E-state index in [0.717, 1.165) is 12.8 Å². The number of aryl methyl sites for hydroxylation is 2. The number of aliphatic imine (C=N–C) groups is 2. The third-order valence-electron chi connectivity index (χ3n) is 6.93. The summed E-state index contributed by atoms with van der Waals surface area (Å²) in [4.78, 5) is 58.5. The highest BCUT2D eigenvalue weighted by molar-refractivity contribution is 6.06. The van der Waals surface area contributed by atoms with E-state index in [1.807, 2.05) is 0 Å². The lowest BCUT2D eigenvalue weighted by Gasteiger charge is -2.12. The van der Waals surface area contributed by atoms with Crippen molar-refractivity contribution in [2.75, 3.05) is 34.4 Å². The first-order chi connectivity index (χ1) is 22.7. The molecule has 1 aromatic carbocycles. The van der Waals surface area contributed by atoms with E-state index in [-0.39, 0.29) is 36.8 Å². The average molecular weight is 663 g/mol. The molecule has 3 rings (SSSR count). The quantitative estimate of drug-likeness (QED) is 0.0832. The molecule has 0 atom stereocenters. The molecule has 0 radical (unpaired) electrons. The van der Waals surface area contributed by atoms with Gasteiger partial charge in [0.1, 0.15) is 24.5 Å². The van der Waals surface area contributed by atoms with Gasteiger partial charge in [-0.05, 0) is 61.1 Å². The van der Waals surface area contributed by atoms with Crippen LogP contribution >= 0.6 is 0 Å². The molecular formula is C32H46N12O4. The number of hydrogen-bond acceptors (Lipinski definition) is 6. The fourth-order valence-electron chi connectivity index (χ4n) is 4.46. The lowest BCUT2D eigenvalue weighted by atomic mass is 10.1. The Kier molecular flexibility index (Phi) is 13.1. The van der Waals surface area contributed by atoms with E-state index >= 15 is 0 Å². The third-order valence-corrected chi connectivity index (χ3v) is 6.93. The Balaban J connectivity index is 1.72. The Morgan fingerprint density at radius 1 is 0.604 bits per heavy atom. The van der Waals surface area contributed by atoms with Crippen molar-refractivity contribution in [2.45, 2.75) is 53.6 Å². The Bertz CT molecular complexity index is 1520. The van der Waals surface area contributed by atoms with Gasteiger partial charge in [0.15, 0.2) is 11.9 Å². The Morgan fingerprint density at radius 2 is 0.958 bits per heavy atom. The Labute approximate surface area is 279 Å². The van der Waals surface area contributed by atoms with Crippen molar-refractivity contribution >= 4 is 58.3 Å². The number of carbonyl (C=O) groups is 4. The number of nitrogens with zero attached hydrogens (tertiary/aromatic N) is 4. The summed E-state index contributed by atoms with van der Waals surface area (Å²) in [5.74, 6) is -1.21. The summed E-state index contributed by atoms with van der Waals surface area (Å²) in [6.07, 6.45) is 5.03. The summed E-state index contributed by atoms with van der Waals surface area (Å²) in [5.41, 5.74) is 23.8. The van der Waals surface area contributed by atoms with Gasteiger partial charge in [-0.25, -0.2) is 9.98 Å². The van der Waals surface area contributed by atoms with Gasteiger partial charge in [-0.3, -0.25) is 19.2 Å². The van der Waals surface area contributed by atoms with E-state index in [1.165, 1.54) is 0 Å². The van der Waals surface area contributed by atoms with Crippen LogP contribution in [0.25, 0.3) is 0 Å². The van der Waals surface area contributed by atoms with Crippen LogP contribution in [-0.2, 0) is 22.7 Å². The highest BCUT2D eigenvalue weighted by atomic mass is 16.2. The van der Waals surface area contributed by atoms with Crippen molar-refractivity contribution < 1.29 is 19.2 Å². The second-order valence-electron chi connectivity index (χ2n) is 12.0. The molecule has 0 bridgehead atoms. The molecule has 0 saturated heterocycles. The van der Waals surface area contributed by atoms with Gasteiger partial charge in [0, 0.05) is 36.9 Å². The standard InChI is InChI=1S/C32H46N12O4/c1-19(2)9-11-43-17-23(39-27(45)15-37-31(33)34)13-25(43)29(47)41-21-5-7-22(8-6-21)42-30(48)26-14-24(18-44(26)12-10-20(3)4)40-28(46)16-38-32(35)36/h5-8,13-14,17-20H,9-12,15-16H2,1-4H3,(H,39,45)(H,40,46)(H,41,47)(H,42,48)(H4,33,34,37)(H4,35,36,38). The van der Waals surface area contributed by atoms with Gasteiger partial charge in [-0.1, -0.05) is 27.7 Å². The van der Waals surface area contributed by atoms with Crippen LogP contribution < -0.4 is 44.2 Å². The number of rotatable bonds is 16. The van der Waals surface area contributed by atoms with Gasteiger partial charge >= 0.3 is 0 Å². The number of amides is 4. The number of nitrogens with two attached hydrogens (primary N) is 4. The molecular weight excluding hydrogens is 616 g/mol. The molecule has 3 aromatic rings. The summed E-state index contributed by atoms with van der Waals surface area (Å²) in [5, 5.41) is 11.2. The van der Waals surface area contributed by atoms with Crippen molar-refractivity contribution in [1.82, 2.24) is 9.13 Å². The summed E-state index contributed by atoms with van der Waals surface area (Å²) < 4.78 is 3.57. The van der Waals surface area contributed by atoms with Crippen LogP contribution in [0.15, 0.2) is 58.8 Å². The fourth-order valence-corrected chi connectivity index (χ4v) is 4.46. The van der Waals surface area contributed by atoms with Crippen molar-refractivity contribution in [3.8, 4) is 0 Å². The molecule has 2 heterocycles. The smallest absolute Gasteiger partial charge is 0.272 e. The zero-order chi connectivity index (χ0) is 35.4. The van der Waals surface area contributed by atoms with Crippen molar-refractivity contribution in [3.63, 3.8) is 0 Å². The molecule has 4 amide bonds. The predicted molar refractivity (Wildman–Crippen MR) is 189 cm³/mol. The minimum Gasteiger partial charge on any atom is -0.370 e. The van der Waals surface area contributed by atoms with E-state index in [1.54, 1.807) is 57.9 Å².